The highest BCUT2D eigenvalue weighted by atomic mass is 32.1. The molecule has 0 bridgehead atoms. The van der Waals surface area contributed by atoms with E-state index >= 15 is 0 Å². The van der Waals surface area contributed by atoms with Gasteiger partial charge >= 0.3 is 0 Å². The first-order valence-corrected chi connectivity index (χ1v) is 4.24. The molecule has 0 radical (unpaired) electrons. The first-order chi connectivity index (χ1) is 6.15. The van der Waals surface area contributed by atoms with Crippen LogP contribution >= 0.6 is 12.6 Å². The normalized spacial score (nSPS) is 11.0. The summed E-state index contributed by atoms with van der Waals surface area (Å²) >= 11 is 3.90. The number of rotatable bonds is 2. The van der Waals surface area contributed by atoms with Crippen molar-refractivity contribution in [3.8, 4) is 5.75 Å². The summed E-state index contributed by atoms with van der Waals surface area (Å²) in [6.45, 7) is 0. The Morgan fingerprint density at radius 3 is 2.31 bits per heavy atom. The maximum atomic E-state index is 12.7. The fraction of sp³-hybridized carbons (Fsp3) is 0.111. The third kappa shape index (κ3) is 2.45. The zero-order valence-electron chi connectivity index (χ0n) is 6.67. The van der Waals surface area contributed by atoms with E-state index in [9.17, 15) is 8.78 Å². The van der Waals surface area contributed by atoms with Gasteiger partial charge in [0, 0.05) is 5.75 Å². The summed E-state index contributed by atoms with van der Waals surface area (Å²) in [5.41, 5.74) is 0.363. The number of thiol groups is 1. The third-order valence-corrected chi connectivity index (χ3v) is 1.67. The molecule has 1 aromatic carbocycles. The summed E-state index contributed by atoms with van der Waals surface area (Å²) in [4.78, 5) is 0. The van der Waals surface area contributed by atoms with Gasteiger partial charge < -0.3 is 5.11 Å². The van der Waals surface area contributed by atoms with Gasteiger partial charge in [-0.25, -0.2) is 8.78 Å². The molecule has 13 heavy (non-hydrogen) atoms. The van der Waals surface area contributed by atoms with Crippen LogP contribution in [0.2, 0.25) is 0 Å². The van der Waals surface area contributed by atoms with Crippen molar-refractivity contribution in [2.45, 2.75) is 0 Å². The number of hydrogen-bond donors (Lipinski definition) is 2. The Morgan fingerprint density at radius 1 is 1.31 bits per heavy atom. The quantitative estimate of drug-likeness (QED) is 0.706. The Balaban J connectivity index is 3.06. The van der Waals surface area contributed by atoms with E-state index in [4.69, 9.17) is 5.11 Å². The lowest BCUT2D eigenvalue weighted by Gasteiger charge is -1.98. The molecule has 4 heteroatoms. The van der Waals surface area contributed by atoms with Crippen molar-refractivity contribution >= 4 is 18.7 Å². The summed E-state index contributed by atoms with van der Waals surface area (Å²) in [6, 6.07) is 2.11. The SMILES string of the molecule is Oc1c(F)cc(C=CCS)cc1F. The van der Waals surface area contributed by atoms with Crippen LogP contribution in [-0.4, -0.2) is 10.9 Å². The van der Waals surface area contributed by atoms with Crippen LogP contribution in [0, 0.1) is 11.6 Å². The molecule has 0 aliphatic rings. The van der Waals surface area contributed by atoms with Gasteiger partial charge in [0.1, 0.15) is 0 Å². The van der Waals surface area contributed by atoms with Gasteiger partial charge in [0.05, 0.1) is 0 Å². The second-order valence-electron chi connectivity index (χ2n) is 2.42. The zero-order chi connectivity index (χ0) is 9.84. The molecule has 70 valence electrons. The first kappa shape index (κ1) is 10.1. The van der Waals surface area contributed by atoms with E-state index in [0.29, 0.717) is 11.3 Å². The molecule has 0 saturated heterocycles. The Morgan fingerprint density at radius 2 is 1.85 bits per heavy atom. The van der Waals surface area contributed by atoms with Crippen LogP contribution in [0.25, 0.3) is 6.08 Å². The summed E-state index contributed by atoms with van der Waals surface area (Å²) in [6.07, 6.45) is 3.17. The predicted molar refractivity (Wildman–Crippen MR) is 50.9 cm³/mol. The van der Waals surface area contributed by atoms with E-state index in [1.165, 1.54) is 6.08 Å². The van der Waals surface area contributed by atoms with Crippen molar-refractivity contribution in [1.29, 1.82) is 0 Å². The molecule has 0 atom stereocenters. The Hall–Kier alpha value is -1.03. The number of aromatic hydroxyl groups is 1. The van der Waals surface area contributed by atoms with Gasteiger partial charge in [-0.1, -0.05) is 12.2 Å². The molecule has 1 N–H and O–H groups in total. The minimum Gasteiger partial charge on any atom is -0.503 e. The number of phenolic OH excluding ortho intramolecular Hbond substituents is 1. The van der Waals surface area contributed by atoms with Crippen molar-refractivity contribution in [2.75, 3.05) is 5.75 Å². The van der Waals surface area contributed by atoms with E-state index in [1.807, 2.05) is 0 Å². The average Bonchev–Trinajstić information content (AvgIpc) is 2.10. The van der Waals surface area contributed by atoms with E-state index in [0.717, 1.165) is 12.1 Å². The molecule has 0 heterocycles. The Bertz CT molecular complexity index is 313. The van der Waals surface area contributed by atoms with Gasteiger partial charge in [-0.05, 0) is 17.7 Å². The smallest absolute Gasteiger partial charge is 0.187 e. The Kier molecular flexibility index (Phi) is 3.31. The van der Waals surface area contributed by atoms with Crippen LogP contribution in [0.5, 0.6) is 5.75 Å². The van der Waals surface area contributed by atoms with Gasteiger partial charge in [-0.3, -0.25) is 0 Å². The lowest BCUT2D eigenvalue weighted by molar-refractivity contribution is 0.396. The fourth-order valence-corrected chi connectivity index (χ4v) is 0.976. The van der Waals surface area contributed by atoms with Crippen molar-refractivity contribution < 1.29 is 13.9 Å². The van der Waals surface area contributed by atoms with Crippen LogP contribution < -0.4 is 0 Å². The van der Waals surface area contributed by atoms with E-state index in [1.54, 1.807) is 6.08 Å². The van der Waals surface area contributed by atoms with Crippen LogP contribution in [-0.2, 0) is 0 Å². The second kappa shape index (κ2) is 4.28. The zero-order valence-corrected chi connectivity index (χ0v) is 7.56. The minimum atomic E-state index is -0.959. The molecular formula is C9H8F2OS. The number of halogens is 2. The van der Waals surface area contributed by atoms with Crippen molar-refractivity contribution in [3.05, 3.63) is 35.4 Å². The highest BCUT2D eigenvalue weighted by Crippen LogP contribution is 2.21. The number of phenols is 1. The van der Waals surface area contributed by atoms with Crippen molar-refractivity contribution in [3.63, 3.8) is 0 Å². The maximum Gasteiger partial charge on any atom is 0.187 e. The van der Waals surface area contributed by atoms with Crippen LogP contribution in [0.3, 0.4) is 0 Å². The molecule has 0 spiro atoms. The van der Waals surface area contributed by atoms with Crippen LogP contribution in [0.15, 0.2) is 18.2 Å². The van der Waals surface area contributed by atoms with Crippen molar-refractivity contribution in [1.82, 2.24) is 0 Å². The number of hydrogen-bond acceptors (Lipinski definition) is 2. The van der Waals surface area contributed by atoms with E-state index in [-0.39, 0.29) is 0 Å². The van der Waals surface area contributed by atoms with E-state index < -0.39 is 17.4 Å². The minimum absolute atomic E-state index is 0.363. The number of benzene rings is 1. The highest BCUT2D eigenvalue weighted by Gasteiger charge is 2.07. The first-order valence-electron chi connectivity index (χ1n) is 3.60. The standard InChI is InChI=1S/C9H8F2OS/c10-7-4-6(2-1-3-13)5-8(11)9(7)12/h1-2,4-5,12-13H,3H2. The third-order valence-electron chi connectivity index (χ3n) is 1.45. The molecule has 0 aliphatic carbocycles. The highest BCUT2D eigenvalue weighted by molar-refractivity contribution is 7.80. The molecule has 0 aromatic heterocycles. The molecule has 1 nitrogen and oxygen atoms in total. The predicted octanol–water partition coefficient (Wildman–Crippen LogP) is 2.61. The second-order valence-corrected chi connectivity index (χ2v) is 2.78. The van der Waals surface area contributed by atoms with Gasteiger partial charge in [0.2, 0.25) is 0 Å². The summed E-state index contributed by atoms with van der Waals surface area (Å²) < 4.78 is 25.4. The summed E-state index contributed by atoms with van der Waals surface area (Å²) in [5, 5.41) is 8.77. The molecule has 1 rings (SSSR count). The van der Waals surface area contributed by atoms with Gasteiger partial charge in [0.15, 0.2) is 17.4 Å². The average molecular weight is 202 g/mol. The monoisotopic (exact) mass is 202 g/mol. The molecular weight excluding hydrogens is 194 g/mol. The summed E-state index contributed by atoms with van der Waals surface area (Å²) in [5.74, 6) is -2.37. The molecule has 1 aromatic rings. The molecule has 0 saturated carbocycles. The summed E-state index contributed by atoms with van der Waals surface area (Å²) in [7, 11) is 0. The van der Waals surface area contributed by atoms with Crippen LogP contribution in [0.4, 0.5) is 8.78 Å². The van der Waals surface area contributed by atoms with Gasteiger partial charge in [0.25, 0.3) is 0 Å². The molecule has 0 amide bonds. The van der Waals surface area contributed by atoms with Crippen molar-refractivity contribution in [2.24, 2.45) is 0 Å². The maximum absolute atomic E-state index is 12.7. The molecule has 0 unspecified atom stereocenters. The lowest BCUT2D eigenvalue weighted by Crippen LogP contribution is -1.84. The van der Waals surface area contributed by atoms with Gasteiger partial charge in [-0.2, -0.15) is 12.6 Å². The van der Waals surface area contributed by atoms with Gasteiger partial charge in [-0.15, -0.1) is 0 Å². The fourth-order valence-electron chi connectivity index (χ4n) is 0.870. The largest absolute Gasteiger partial charge is 0.503 e. The molecule has 0 aliphatic heterocycles. The Labute approximate surface area is 80.1 Å². The van der Waals surface area contributed by atoms with Crippen LogP contribution in [0.1, 0.15) is 5.56 Å². The topological polar surface area (TPSA) is 20.2 Å². The lowest BCUT2D eigenvalue weighted by atomic mass is 10.2. The molecule has 0 fully saturated rings. The van der Waals surface area contributed by atoms with E-state index in [2.05, 4.69) is 12.6 Å².